The minimum absolute atomic E-state index is 0.318. The molecule has 2 amide bonds. The van der Waals surface area contributed by atoms with E-state index >= 15 is 0 Å². The lowest BCUT2D eigenvalue weighted by atomic mass is 10.0. The lowest BCUT2D eigenvalue weighted by Crippen LogP contribution is -2.43. The van der Waals surface area contributed by atoms with E-state index in [1.165, 1.54) is 103 Å². The molecule has 8 nitrogen and oxygen atoms in total. The van der Waals surface area contributed by atoms with Crippen molar-refractivity contribution in [3.8, 4) is 0 Å². The average Bonchev–Trinajstić information content (AvgIpc) is 3.07. The fourth-order valence-corrected chi connectivity index (χ4v) is 7.06. The molecule has 0 aliphatic heterocycles. The van der Waals surface area contributed by atoms with Crippen molar-refractivity contribution in [2.75, 3.05) is 108 Å². The Kier molecular flexibility index (Phi) is 31.3. The Balaban J connectivity index is 3.71. The van der Waals surface area contributed by atoms with Crippen molar-refractivity contribution in [3.05, 3.63) is 0 Å². The van der Waals surface area contributed by atoms with Crippen molar-refractivity contribution in [3.63, 3.8) is 0 Å². The van der Waals surface area contributed by atoms with Gasteiger partial charge < -0.3 is 29.4 Å². The van der Waals surface area contributed by atoms with E-state index in [0.29, 0.717) is 24.7 Å². The van der Waals surface area contributed by atoms with Crippen LogP contribution in [0.15, 0.2) is 0 Å². The molecule has 310 valence electrons. The van der Waals surface area contributed by atoms with Crippen LogP contribution in [0, 0.1) is 11.8 Å². The van der Waals surface area contributed by atoms with Crippen LogP contribution in [0.4, 0.5) is 0 Å². The molecule has 0 atom stereocenters. The molecule has 8 heteroatoms. The molecule has 52 heavy (non-hydrogen) atoms. The fourth-order valence-electron chi connectivity index (χ4n) is 7.06. The standard InChI is InChI=1S/C44H94N6O2/c1-41(2)27-17-13-11-15-19-29-43(51)47(5)35-25-39-49(7,8)37-23-33-45-31-21-22-32-46-34-24-38-50(9,10)40-26-36-48(6)44(52)30-20-16-12-14-18-28-42(3)4/h41-42,45-46H,11-40H2,1-10H3/q+2. The third kappa shape index (κ3) is 33.4. The zero-order chi connectivity index (χ0) is 39.1. The largest absolute Gasteiger partial charge is 0.346 e. The topological polar surface area (TPSA) is 64.7 Å². The molecule has 0 spiro atoms. The van der Waals surface area contributed by atoms with Gasteiger partial charge in [0, 0.05) is 78.8 Å². The monoisotopic (exact) mass is 739 g/mol. The second-order valence-electron chi connectivity index (χ2n) is 18.4. The number of carbonyl (C=O) groups excluding carboxylic acids is 2. The van der Waals surface area contributed by atoms with Gasteiger partial charge in [0.05, 0.1) is 54.4 Å². The van der Waals surface area contributed by atoms with Crippen molar-refractivity contribution >= 4 is 11.8 Å². The summed E-state index contributed by atoms with van der Waals surface area (Å²) in [6, 6.07) is 0. The second kappa shape index (κ2) is 32.1. The summed E-state index contributed by atoms with van der Waals surface area (Å²) in [5.74, 6) is 2.25. The molecule has 0 aliphatic rings. The molecule has 0 aromatic carbocycles. The first kappa shape index (κ1) is 50.8. The van der Waals surface area contributed by atoms with Crippen LogP contribution in [0.5, 0.6) is 0 Å². The third-order valence-electron chi connectivity index (χ3n) is 10.9. The Bertz CT molecular complexity index is 779. The summed E-state index contributed by atoms with van der Waals surface area (Å²) in [5.41, 5.74) is 0. The van der Waals surface area contributed by atoms with Gasteiger partial charge in [0.25, 0.3) is 0 Å². The molecule has 0 saturated carbocycles. The molecule has 0 unspecified atom stereocenters. The van der Waals surface area contributed by atoms with Crippen LogP contribution in [-0.2, 0) is 9.59 Å². The van der Waals surface area contributed by atoms with Gasteiger partial charge in [-0.2, -0.15) is 0 Å². The van der Waals surface area contributed by atoms with E-state index in [0.717, 1.165) is 98.8 Å². The summed E-state index contributed by atoms with van der Waals surface area (Å²) in [5, 5.41) is 7.30. The number of carbonyl (C=O) groups is 2. The maximum Gasteiger partial charge on any atom is 0.222 e. The molecule has 0 aromatic heterocycles. The van der Waals surface area contributed by atoms with Crippen LogP contribution in [-0.4, -0.2) is 138 Å². The number of amides is 2. The van der Waals surface area contributed by atoms with Gasteiger partial charge in [-0.25, -0.2) is 0 Å². The number of hydrogen-bond acceptors (Lipinski definition) is 4. The van der Waals surface area contributed by atoms with E-state index in [-0.39, 0.29) is 0 Å². The molecule has 0 bridgehead atoms. The fraction of sp³-hybridized carbons (Fsp3) is 0.955. The molecule has 0 saturated heterocycles. The molecular formula is C44H94N6O2+2. The lowest BCUT2D eigenvalue weighted by Gasteiger charge is -2.31. The van der Waals surface area contributed by atoms with Gasteiger partial charge in [0.1, 0.15) is 0 Å². The van der Waals surface area contributed by atoms with Crippen molar-refractivity contribution < 1.29 is 18.6 Å². The zero-order valence-electron chi connectivity index (χ0n) is 37.0. The lowest BCUT2D eigenvalue weighted by molar-refractivity contribution is -0.890. The average molecular weight is 739 g/mol. The summed E-state index contributed by atoms with van der Waals surface area (Å²) >= 11 is 0. The van der Waals surface area contributed by atoms with E-state index in [2.05, 4.69) is 66.5 Å². The Hall–Kier alpha value is -1.22. The molecule has 0 radical (unpaired) electrons. The first-order valence-electron chi connectivity index (χ1n) is 22.2. The number of quaternary nitrogens is 2. The van der Waals surface area contributed by atoms with Crippen molar-refractivity contribution in [1.29, 1.82) is 0 Å². The van der Waals surface area contributed by atoms with E-state index in [1.807, 2.05) is 23.9 Å². The Morgan fingerprint density at radius 2 is 0.750 bits per heavy atom. The van der Waals surface area contributed by atoms with Gasteiger partial charge in [0.2, 0.25) is 11.8 Å². The van der Waals surface area contributed by atoms with Crippen LogP contribution in [0.2, 0.25) is 0 Å². The predicted molar refractivity (Wildman–Crippen MR) is 227 cm³/mol. The van der Waals surface area contributed by atoms with Crippen LogP contribution in [0.3, 0.4) is 0 Å². The van der Waals surface area contributed by atoms with Crippen LogP contribution >= 0.6 is 0 Å². The minimum Gasteiger partial charge on any atom is -0.346 e. The normalized spacial score (nSPS) is 12.3. The minimum atomic E-state index is 0.318. The Morgan fingerprint density at radius 1 is 0.442 bits per heavy atom. The summed E-state index contributed by atoms with van der Waals surface area (Å²) in [4.78, 5) is 28.9. The van der Waals surface area contributed by atoms with E-state index in [4.69, 9.17) is 0 Å². The second-order valence-corrected chi connectivity index (χ2v) is 18.4. The molecule has 0 fully saturated rings. The molecule has 2 N–H and O–H groups in total. The van der Waals surface area contributed by atoms with Crippen molar-refractivity contribution in [1.82, 2.24) is 20.4 Å². The maximum atomic E-state index is 12.5. The number of hydrogen-bond donors (Lipinski definition) is 2. The molecule has 0 aromatic rings. The van der Waals surface area contributed by atoms with Crippen LogP contribution in [0.25, 0.3) is 0 Å². The first-order chi connectivity index (χ1) is 24.6. The summed E-state index contributed by atoms with van der Waals surface area (Å²) in [7, 11) is 13.3. The van der Waals surface area contributed by atoms with Crippen molar-refractivity contribution in [2.24, 2.45) is 11.8 Å². The van der Waals surface area contributed by atoms with Gasteiger partial charge in [-0.3, -0.25) is 9.59 Å². The van der Waals surface area contributed by atoms with E-state index in [1.54, 1.807) is 0 Å². The van der Waals surface area contributed by atoms with Gasteiger partial charge in [-0.15, -0.1) is 0 Å². The Morgan fingerprint density at radius 3 is 1.12 bits per heavy atom. The van der Waals surface area contributed by atoms with Crippen molar-refractivity contribution in [2.45, 2.75) is 156 Å². The third-order valence-corrected chi connectivity index (χ3v) is 10.9. The molecular weight excluding hydrogens is 645 g/mol. The van der Waals surface area contributed by atoms with Gasteiger partial charge >= 0.3 is 0 Å². The number of unbranched alkanes of at least 4 members (excludes halogenated alkanes) is 9. The van der Waals surface area contributed by atoms with Gasteiger partial charge in [-0.1, -0.05) is 91.9 Å². The van der Waals surface area contributed by atoms with E-state index in [9.17, 15) is 9.59 Å². The highest BCUT2D eigenvalue weighted by molar-refractivity contribution is 5.76. The first-order valence-corrected chi connectivity index (χ1v) is 22.2. The predicted octanol–water partition coefficient (Wildman–Crippen LogP) is 8.35. The SMILES string of the molecule is CC(C)CCCCCCCC(=O)N(C)CCC[N+](C)(C)CCCNCCCCNCCC[N+](C)(C)CCCN(C)C(=O)CCCCCCCC(C)C. The highest BCUT2D eigenvalue weighted by Crippen LogP contribution is 2.13. The number of nitrogens with zero attached hydrogens (tertiary/aromatic N) is 4. The highest BCUT2D eigenvalue weighted by Gasteiger charge is 2.17. The smallest absolute Gasteiger partial charge is 0.222 e. The highest BCUT2D eigenvalue weighted by atomic mass is 16.2. The molecule has 0 aliphatic carbocycles. The Labute approximate surface area is 325 Å². The van der Waals surface area contributed by atoms with Crippen LogP contribution < -0.4 is 10.6 Å². The van der Waals surface area contributed by atoms with Gasteiger partial charge in [-0.05, 0) is 50.6 Å². The maximum absolute atomic E-state index is 12.5. The number of rotatable bonds is 37. The van der Waals surface area contributed by atoms with Gasteiger partial charge in [0.15, 0.2) is 0 Å². The summed E-state index contributed by atoms with van der Waals surface area (Å²) in [6.07, 6.45) is 23.3. The quantitative estimate of drug-likeness (QED) is 0.0497. The zero-order valence-corrected chi connectivity index (χ0v) is 37.0. The molecule has 0 heterocycles. The summed E-state index contributed by atoms with van der Waals surface area (Å²) in [6.45, 7) is 19.9. The summed E-state index contributed by atoms with van der Waals surface area (Å²) < 4.78 is 2.05. The molecule has 0 rings (SSSR count). The van der Waals surface area contributed by atoms with E-state index < -0.39 is 0 Å². The van der Waals surface area contributed by atoms with Crippen LogP contribution in [0.1, 0.15) is 156 Å². The number of nitrogens with one attached hydrogen (secondary N) is 2.